The highest BCUT2D eigenvalue weighted by Crippen LogP contribution is 2.36. The summed E-state index contributed by atoms with van der Waals surface area (Å²) in [5, 5.41) is 5.58. The molecule has 1 aliphatic rings. The molecule has 0 aliphatic heterocycles. The number of aromatic nitrogens is 1. The lowest BCUT2D eigenvalue weighted by Gasteiger charge is -2.08. The van der Waals surface area contributed by atoms with Crippen molar-refractivity contribution in [1.29, 1.82) is 0 Å². The molecule has 0 radical (unpaired) electrons. The zero-order valence-corrected chi connectivity index (χ0v) is 9.96. The molecule has 0 bridgehead atoms. The van der Waals surface area contributed by atoms with Crippen molar-refractivity contribution in [2.45, 2.75) is 13.3 Å². The minimum atomic E-state index is -0.506. The van der Waals surface area contributed by atoms with Crippen molar-refractivity contribution in [1.82, 2.24) is 10.3 Å². The fraction of sp³-hybridized carbons (Fsp3) is 0.500. The van der Waals surface area contributed by atoms with Crippen LogP contribution in [0, 0.1) is 17.7 Å². The molecular weight excluding hydrogens is 221 g/mol. The fourth-order valence-corrected chi connectivity index (χ4v) is 1.81. The molecule has 17 heavy (non-hydrogen) atoms. The second-order valence-electron chi connectivity index (χ2n) is 4.48. The van der Waals surface area contributed by atoms with E-state index in [1.165, 1.54) is 6.07 Å². The molecule has 4 nitrogen and oxygen atoms in total. The van der Waals surface area contributed by atoms with Crippen LogP contribution < -0.4 is 10.6 Å². The monoisotopic (exact) mass is 237 g/mol. The van der Waals surface area contributed by atoms with Crippen molar-refractivity contribution in [3.63, 3.8) is 0 Å². The van der Waals surface area contributed by atoms with E-state index in [1.807, 2.05) is 0 Å². The summed E-state index contributed by atoms with van der Waals surface area (Å²) in [6.45, 7) is 2.80. The Hall–Kier alpha value is -1.65. The van der Waals surface area contributed by atoms with E-state index < -0.39 is 5.82 Å². The number of nitrogens with one attached hydrogen (secondary N) is 2. The van der Waals surface area contributed by atoms with Gasteiger partial charge in [-0.1, -0.05) is 6.92 Å². The van der Waals surface area contributed by atoms with Gasteiger partial charge in [0.25, 0.3) is 5.91 Å². The minimum Gasteiger partial charge on any atom is -0.372 e. The Morgan fingerprint density at radius 2 is 2.35 bits per heavy atom. The highest BCUT2D eigenvalue weighted by atomic mass is 19.1. The number of pyridine rings is 1. The van der Waals surface area contributed by atoms with Crippen LogP contribution in [0.2, 0.25) is 0 Å². The number of halogens is 1. The molecule has 2 rings (SSSR count). The molecule has 92 valence electrons. The van der Waals surface area contributed by atoms with Crippen LogP contribution in [0.25, 0.3) is 0 Å². The average molecular weight is 237 g/mol. The van der Waals surface area contributed by atoms with Gasteiger partial charge in [-0.25, -0.2) is 9.37 Å². The van der Waals surface area contributed by atoms with Crippen LogP contribution in [0.3, 0.4) is 0 Å². The molecule has 1 amide bonds. The van der Waals surface area contributed by atoms with Gasteiger partial charge in [-0.15, -0.1) is 0 Å². The summed E-state index contributed by atoms with van der Waals surface area (Å²) in [6.07, 6.45) is 2.24. The van der Waals surface area contributed by atoms with Crippen molar-refractivity contribution in [3.05, 3.63) is 23.6 Å². The molecule has 2 N–H and O–H groups in total. The molecule has 0 spiro atoms. The molecule has 0 saturated heterocycles. The van der Waals surface area contributed by atoms with E-state index in [0.717, 1.165) is 12.6 Å². The van der Waals surface area contributed by atoms with E-state index in [0.29, 0.717) is 24.2 Å². The SMILES string of the molecule is CNc1ncc(F)cc1C(=O)NCC1CC1C. The number of rotatable bonds is 4. The van der Waals surface area contributed by atoms with Gasteiger partial charge in [0, 0.05) is 13.6 Å². The zero-order valence-electron chi connectivity index (χ0n) is 9.96. The molecule has 1 fully saturated rings. The number of amides is 1. The van der Waals surface area contributed by atoms with Gasteiger partial charge in [-0.3, -0.25) is 4.79 Å². The van der Waals surface area contributed by atoms with Gasteiger partial charge in [0.05, 0.1) is 11.8 Å². The zero-order chi connectivity index (χ0) is 12.4. The van der Waals surface area contributed by atoms with Gasteiger partial charge < -0.3 is 10.6 Å². The van der Waals surface area contributed by atoms with Crippen molar-refractivity contribution in [2.75, 3.05) is 18.9 Å². The number of carbonyl (C=O) groups excluding carboxylic acids is 1. The van der Waals surface area contributed by atoms with Crippen LogP contribution in [0.15, 0.2) is 12.3 Å². The number of hydrogen-bond donors (Lipinski definition) is 2. The maximum atomic E-state index is 13.0. The van der Waals surface area contributed by atoms with Gasteiger partial charge >= 0.3 is 0 Å². The third-order valence-electron chi connectivity index (χ3n) is 3.14. The van der Waals surface area contributed by atoms with E-state index in [1.54, 1.807) is 7.05 Å². The largest absolute Gasteiger partial charge is 0.372 e. The Bertz CT molecular complexity index is 436. The Labute approximate surface area is 99.6 Å². The summed E-state index contributed by atoms with van der Waals surface area (Å²) in [7, 11) is 1.65. The second kappa shape index (κ2) is 4.69. The Kier molecular flexibility index (Phi) is 3.26. The van der Waals surface area contributed by atoms with Crippen LogP contribution in [0.1, 0.15) is 23.7 Å². The smallest absolute Gasteiger partial charge is 0.255 e. The van der Waals surface area contributed by atoms with Crippen molar-refractivity contribution in [2.24, 2.45) is 11.8 Å². The van der Waals surface area contributed by atoms with Crippen LogP contribution in [0.5, 0.6) is 0 Å². The summed E-state index contributed by atoms with van der Waals surface area (Å²) in [4.78, 5) is 15.7. The molecule has 0 aromatic carbocycles. The molecule has 2 unspecified atom stereocenters. The summed E-state index contributed by atoms with van der Waals surface area (Å²) in [5.41, 5.74) is 0.251. The van der Waals surface area contributed by atoms with Crippen LogP contribution in [-0.4, -0.2) is 24.5 Å². The Balaban J connectivity index is 2.04. The lowest BCUT2D eigenvalue weighted by atomic mass is 10.2. The third-order valence-corrected chi connectivity index (χ3v) is 3.14. The standard InChI is InChI=1S/C12H16FN3O/c1-7-3-8(7)5-16-12(17)10-4-9(13)6-15-11(10)14-2/h4,6-8H,3,5H2,1-2H3,(H,14,15)(H,16,17). The van der Waals surface area contributed by atoms with E-state index in [9.17, 15) is 9.18 Å². The summed E-state index contributed by atoms with van der Waals surface area (Å²) in [6, 6.07) is 1.20. The van der Waals surface area contributed by atoms with Crippen molar-refractivity contribution in [3.8, 4) is 0 Å². The fourth-order valence-electron chi connectivity index (χ4n) is 1.81. The number of carbonyl (C=O) groups is 1. The van der Waals surface area contributed by atoms with Gasteiger partial charge in [0.1, 0.15) is 11.6 Å². The predicted octanol–water partition coefficient (Wildman–Crippen LogP) is 1.65. The Morgan fingerprint density at radius 3 is 2.94 bits per heavy atom. The van der Waals surface area contributed by atoms with Gasteiger partial charge in [-0.2, -0.15) is 0 Å². The van der Waals surface area contributed by atoms with E-state index >= 15 is 0 Å². The maximum absolute atomic E-state index is 13.0. The summed E-state index contributed by atoms with van der Waals surface area (Å²) >= 11 is 0. The molecular formula is C12H16FN3O. The topological polar surface area (TPSA) is 54.0 Å². The quantitative estimate of drug-likeness (QED) is 0.837. The Morgan fingerprint density at radius 1 is 1.65 bits per heavy atom. The second-order valence-corrected chi connectivity index (χ2v) is 4.48. The maximum Gasteiger partial charge on any atom is 0.255 e. The molecule has 1 aliphatic carbocycles. The first-order chi connectivity index (χ1) is 8.11. The molecule has 1 saturated carbocycles. The van der Waals surface area contributed by atoms with Crippen LogP contribution in [-0.2, 0) is 0 Å². The van der Waals surface area contributed by atoms with E-state index in [-0.39, 0.29) is 11.5 Å². The molecule has 5 heteroatoms. The van der Waals surface area contributed by atoms with Crippen LogP contribution in [0.4, 0.5) is 10.2 Å². The predicted molar refractivity (Wildman–Crippen MR) is 63.3 cm³/mol. The highest BCUT2D eigenvalue weighted by molar-refractivity contribution is 5.98. The van der Waals surface area contributed by atoms with Gasteiger partial charge in [-0.05, 0) is 24.3 Å². The van der Waals surface area contributed by atoms with E-state index in [2.05, 4.69) is 22.5 Å². The number of hydrogen-bond acceptors (Lipinski definition) is 3. The first-order valence-electron chi connectivity index (χ1n) is 5.73. The number of anilines is 1. The summed E-state index contributed by atoms with van der Waals surface area (Å²) in [5.74, 6) is 0.866. The van der Waals surface area contributed by atoms with Crippen LogP contribution >= 0.6 is 0 Å². The summed E-state index contributed by atoms with van der Waals surface area (Å²) < 4.78 is 13.0. The average Bonchev–Trinajstić information content (AvgIpc) is 3.02. The van der Waals surface area contributed by atoms with Crippen molar-refractivity contribution < 1.29 is 9.18 Å². The lowest BCUT2D eigenvalue weighted by Crippen LogP contribution is -2.27. The molecule has 1 heterocycles. The van der Waals surface area contributed by atoms with Gasteiger partial charge in [0.15, 0.2) is 0 Å². The lowest BCUT2D eigenvalue weighted by molar-refractivity contribution is 0.0951. The minimum absolute atomic E-state index is 0.251. The van der Waals surface area contributed by atoms with Crippen molar-refractivity contribution >= 4 is 11.7 Å². The first kappa shape index (κ1) is 11.8. The molecule has 1 aromatic rings. The van der Waals surface area contributed by atoms with E-state index in [4.69, 9.17) is 0 Å². The molecule has 2 atom stereocenters. The third kappa shape index (κ3) is 2.72. The molecule has 1 aromatic heterocycles. The first-order valence-corrected chi connectivity index (χ1v) is 5.73. The highest BCUT2D eigenvalue weighted by Gasteiger charge is 2.32. The normalized spacial score (nSPS) is 22.1. The number of nitrogens with zero attached hydrogens (tertiary/aromatic N) is 1. The van der Waals surface area contributed by atoms with Gasteiger partial charge in [0.2, 0.25) is 0 Å².